The fourth-order valence-electron chi connectivity index (χ4n) is 1.14. The van der Waals surface area contributed by atoms with Crippen LogP contribution in [0.5, 0.6) is 0 Å². The van der Waals surface area contributed by atoms with Crippen LogP contribution >= 0.6 is 0 Å². The highest BCUT2D eigenvalue weighted by Gasteiger charge is 1.95. The molecule has 2 heterocycles. The summed E-state index contributed by atoms with van der Waals surface area (Å²) in [5, 5.41) is 7.40. The lowest BCUT2D eigenvalue weighted by atomic mass is 10.2. The summed E-state index contributed by atoms with van der Waals surface area (Å²) in [6, 6.07) is 11.1. The molecule has 0 spiro atoms. The molecule has 0 aliphatic rings. The molecular weight excluding hydrogens is 162 g/mol. The van der Waals surface area contributed by atoms with Crippen molar-refractivity contribution >= 4 is 0 Å². The molecule has 13 heavy (non-hydrogen) atoms. The van der Waals surface area contributed by atoms with Crippen molar-refractivity contribution in [1.29, 1.82) is 5.41 Å². The number of H-pyrrole nitrogens is 1. The fourth-order valence-corrected chi connectivity index (χ4v) is 1.14. The first-order chi connectivity index (χ1) is 6.36. The zero-order valence-electron chi connectivity index (χ0n) is 6.99. The van der Waals surface area contributed by atoms with E-state index in [-0.39, 0.29) is 0 Å². The molecule has 3 heteroatoms. The van der Waals surface area contributed by atoms with Crippen molar-refractivity contribution in [2.24, 2.45) is 0 Å². The molecule has 0 saturated heterocycles. The number of rotatable bonds is 1. The molecule has 0 atom stereocenters. The molecule has 0 fully saturated rings. The monoisotopic (exact) mass is 171 g/mol. The summed E-state index contributed by atoms with van der Waals surface area (Å²) in [6.07, 6.45) is 1.74. The maximum atomic E-state index is 7.40. The van der Waals surface area contributed by atoms with Gasteiger partial charge in [0.1, 0.15) is 5.49 Å². The van der Waals surface area contributed by atoms with Crippen molar-refractivity contribution in [2.75, 3.05) is 0 Å². The molecule has 0 aliphatic carbocycles. The third kappa shape index (κ3) is 1.64. The van der Waals surface area contributed by atoms with Crippen molar-refractivity contribution in [3.8, 4) is 11.4 Å². The van der Waals surface area contributed by atoms with Gasteiger partial charge in [-0.2, -0.15) is 0 Å². The number of hydrogen-bond donors (Lipinski definition) is 2. The number of aromatic amines is 1. The summed E-state index contributed by atoms with van der Waals surface area (Å²) in [5.74, 6) is 0. The predicted octanol–water partition coefficient (Wildman–Crippen LogP) is 1.56. The molecule has 0 unspecified atom stereocenters. The van der Waals surface area contributed by atoms with Gasteiger partial charge in [0, 0.05) is 6.20 Å². The van der Waals surface area contributed by atoms with Crippen LogP contribution in [-0.2, 0) is 0 Å². The van der Waals surface area contributed by atoms with E-state index in [9.17, 15) is 0 Å². The predicted molar refractivity (Wildman–Crippen MR) is 49.9 cm³/mol. The van der Waals surface area contributed by atoms with E-state index in [1.165, 1.54) is 0 Å². The molecule has 0 radical (unpaired) electrons. The van der Waals surface area contributed by atoms with E-state index in [4.69, 9.17) is 5.41 Å². The molecule has 0 bridgehead atoms. The lowest BCUT2D eigenvalue weighted by molar-refractivity contribution is 1.09. The Morgan fingerprint density at radius 2 is 2.00 bits per heavy atom. The summed E-state index contributed by atoms with van der Waals surface area (Å²) < 4.78 is 0. The average molecular weight is 171 g/mol. The topological polar surface area (TPSA) is 52.5 Å². The van der Waals surface area contributed by atoms with Crippen LogP contribution in [0.25, 0.3) is 11.4 Å². The first-order valence-electron chi connectivity index (χ1n) is 4.01. The van der Waals surface area contributed by atoms with Crippen molar-refractivity contribution in [2.45, 2.75) is 0 Å². The van der Waals surface area contributed by atoms with Crippen molar-refractivity contribution < 1.29 is 0 Å². The van der Waals surface area contributed by atoms with Crippen LogP contribution in [0, 0.1) is 5.41 Å². The van der Waals surface area contributed by atoms with Crippen LogP contribution < -0.4 is 5.49 Å². The van der Waals surface area contributed by atoms with Gasteiger partial charge in [0.2, 0.25) is 0 Å². The second-order valence-electron chi connectivity index (χ2n) is 2.69. The lowest BCUT2D eigenvalue weighted by Crippen LogP contribution is -2.04. The Kier molecular flexibility index (Phi) is 1.92. The van der Waals surface area contributed by atoms with E-state index in [2.05, 4.69) is 9.97 Å². The van der Waals surface area contributed by atoms with E-state index < -0.39 is 0 Å². The van der Waals surface area contributed by atoms with Crippen LogP contribution in [-0.4, -0.2) is 9.97 Å². The third-order valence-corrected chi connectivity index (χ3v) is 1.74. The average Bonchev–Trinajstić information content (AvgIpc) is 2.19. The summed E-state index contributed by atoms with van der Waals surface area (Å²) >= 11 is 0. The second kappa shape index (κ2) is 3.23. The minimum absolute atomic E-state index is 0.392. The fraction of sp³-hybridized carbons (Fsp3) is 0. The Hall–Kier alpha value is -1.90. The number of aromatic nitrogens is 2. The van der Waals surface area contributed by atoms with Gasteiger partial charge in [0.15, 0.2) is 0 Å². The highest BCUT2D eigenvalue weighted by atomic mass is 14.8. The molecular formula is C10H9N3. The van der Waals surface area contributed by atoms with E-state index in [1.54, 1.807) is 12.3 Å². The van der Waals surface area contributed by atoms with Gasteiger partial charge in [-0.15, -0.1) is 0 Å². The van der Waals surface area contributed by atoms with Gasteiger partial charge in [-0.1, -0.05) is 12.1 Å². The van der Waals surface area contributed by atoms with Crippen molar-refractivity contribution in [1.82, 2.24) is 9.97 Å². The molecule has 2 rings (SSSR count). The van der Waals surface area contributed by atoms with E-state index in [0.717, 1.165) is 11.4 Å². The smallest absolute Gasteiger partial charge is 0.122 e. The normalized spacial score (nSPS) is 9.85. The first-order valence-corrected chi connectivity index (χ1v) is 4.01. The zero-order valence-corrected chi connectivity index (χ0v) is 6.99. The third-order valence-electron chi connectivity index (χ3n) is 1.74. The lowest BCUT2D eigenvalue weighted by Gasteiger charge is -1.98. The largest absolute Gasteiger partial charge is 0.339 e. The van der Waals surface area contributed by atoms with Crippen LogP contribution in [0.2, 0.25) is 0 Å². The maximum absolute atomic E-state index is 7.40. The molecule has 64 valence electrons. The molecule has 0 aromatic carbocycles. The van der Waals surface area contributed by atoms with Gasteiger partial charge in [-0.25, -0.2) is 0 Å². The summed E-state index contributed by atoms with van der Waals surface area (Å²) in [4.78, 5) is 7.10. The van der Waals surface area contributed by atoms with Gasteiger partial charge >= 0.3 is 0 Å². The zero-order chi connectivity index (χ0) is 9.10. The van der Waals surface area contributed by atoms with Gasteiger partial charge in [0.05, 0.1) is 11.4 Å². The van der Waals surface area contributed by atoms with Gasteiger partial charge in [0.25, 0.3) is 0 Å². The Labute approximate surface area is 75.6 Å². The summed E-state index contributed by atoms with van der Waals surface area (Å²) in [5.41, 5.74) is 2.12. The summed E-state index contributed by atoms with van der Waals surface area (Å²) in [7, 11) is 0. The Bertz CT molecular complexity index is 445. The standard InChI is InChI=1S/C10H9N3/c11-10-6-3-5-9(13-10)8-4-1-2-7-12-8/h1-7H,(H2,11,13). The Morgan fingerprint density at radius 1 is 1.08 bits per heavy atom. The van der Waals surface area contributed by atoms with Gasteiger partial charge in [-0.05, 0) is 24.3 Å². The molecule has 2 aromatic heterocycles. The minimum atomic E-state index is 0.392. The summed E-state index contributed by atoms with van der Waals surface area (Å²) in [6.45, 7) is 0. The Balaban J connectivity index is 2.54. The molecule has 3 nitrogen and oxygen atoms in total. The number of pyridine rings is 2. The van der Waals surface area contributed by atoms with Crippen LogP contribution in [0.1, 0.15) is 0 Å². The highest BCUT2D eigenvalue weighted by molar-refractivity contribution is 5.52. The van der Waals surface area contributed by atoms with E-state index in [0.29, 0.717) is 5.49 Å². The van der Waals surface area contributed by atoms with Gasteiger partial charge < -0.3 is 4.98 Å². The van der Waals surface area contributed by atoms with E-state index >= 15 is 0 Å². The van der Waals surface area contributed by atoms with E-state index in [1.807, 2.05) is 30.3 Å². The number of nitrogens with one attached hydrogen (secondary N) is 2. The van der Waals surface area contributed by atoms with Gasteiger partial charge in [-0.3, -0.25) is 10.4 Å². The molecule has 2 N–H and O–H groups in total. The van der Waals surface area contributed by atoms with Crippen LogP contribution in [0.3, 0.4) is 0 Å². The van der Waals surface area contributed by atoms with Crippen molar-refractivity contribution in [3.05, 3.63) is 48.1 Å². The number of hydrogen-bond acceptors (Lipinski definition) is 2. The molecule has 0 amide bonds. The SMILES string of the molecule is N=c1cccc(-c2ccccn2)[nH]1. The minimum Gasteiger partial charge on any atom is -0.339 e. The molecule has 0 aliphatic heterocycles. The highest BCUT2D eigenvalue weighted by Crippen LogP contribution is 2.09. The molecule has 0 saturated carbocycles. The quantitative estimate of drug-likeness (QED) is 0.672. The van der Waals surface area contributed by atoms with Crippen LogP contribution in [0.15, 0.2) is 42.6 Å². The second-order valence-corrected chi connectivity index (χ2v) is 2.69. The van der Waals surface area contributed by atoms with Crippen molar-refractivity contribution in [3.63, 3.8) is 0 Å². The first kappa shape index (κ1) is 7.73. The number of nitrogens with zero attached hydrogens (tertiary/aromatic N) is 1. The Morgan fingerprint density at radius 3 is 2.69 bits per heavy atom. The molecule has 2 aromatic rings. The maximum Gasteiger partial charge on any atom is 0.122 e. The van der Waals surface area contributed by atoms with Crippen LogP contribution in [0.4, 0.5) is 0 Å².